The number of ether oxygens (including phenoxy) is 2. The lowest BCUT2D eigenvalue weighted by atomic mass is 9.87. The zero-order valence-corrected chi connectivity index (χ0v) is 16.7. The molecule has 0 saturated heterocycles. The van der Waals surface area contributed by atoms with E-state index < -0.39 is 24.4 Å². The van der Waals surface area contributed by atoms with Crippen LogP contribution >= 0.6 is 0 Å². The van der Waals surface area contributed by atoms with E-state index in [1.165, 1.54) is 29.8 Å². The van der Waals surface area contributed by atoms with Crippen LogP contribution in [0.2, 0.25) is 0 Å². The van der Waals surface area contributed by atoms with Gasteiger partial charge in [0.15, 0.2) is 0 Å². The Labute approximate surface area is 172 Å². The number of aryl methyl sites for hydroxylation is 2. The molecule has 2 aliphatic rings. The summed E-state index contributed by atoms with van der Waals surface area (Å²) in [6.45, 7) is 2.84. The summed E-state index contributed by atoms with van der Waals surface area (Å²) in [6, 6.07) is 7.57. The minimum absolute atomic E-state index is 0.223. The molecule has 0 amide bonds. The van der Waals surface area contributed by atoms with Gasteiger partial charge in [-0.1, -0.05) is 0 Å². The van der Waals surface area contributed by atoms with Crippen molar-refractivity contribution in [3.63, 3.8) is 0 Å². The number of hydrogen-bond acceptors (Lipinski definition) is 7. The van der Waals surface area contributed by atoms with Crippen molar-refractivity contribution in [1.29, 1.82) is 0 Å². The number of fused-ring (bicyclic) bond motifs is 3. The molecule has 7 heteroatoms. The monoisotopic (exact) mass is 407 g/mol. The van der Waals surface area contributed by atoms with Crippen LogP contribution in [0.5, 0.6) is 0 Å². The van der Waals surface area contributed by atoms with Crippen LogP contribution in [0.3, 0.4) is 0 Å². The fraction of sp³-hybridized carbons (Fsp3) is 0.348. The highest BCUT2D eigenvalue weighted by Gasteiger charge is 2.26. The average Bonchev–Trinajstić information content (AvgIpc) is 2.72. The minimum atomic E-state index is -0.886. The third kappa shape index (κ3) is 3.10. The largest absolute Gasteiger partial charge is 0.428 e. The van der Waals surface area contributed by atoms with Crippen LogP contribution in [-0.4, -0.2) is 31.8 Å². The molecule has 30 heavy (non-hydrogen) atoms. The molecule has 0 aliphatic carbocycles. The van der Waals surface area contributed by atoms with Crippen molar-refractivity contribution in [1.82, 2.24) is 0 Å². The van der Waals surface area contributed by atoms with Crippen LogP contribution < -0.4 is 10.5 Å². The molecule has 0 spiro atoms. The predicted octanol–water partition coefficient (Wildman–Crippen LogP) is 3.32. The van der Waals surface area contributed by atoms with E-state index in [0.717, 1.165) is 49.5 Å². The van der Waals surface area contributed by atoms with Gasteiger partial charge in [0.05, 0.1) is 0 Å². The summed E-state index contributed by atoms with van der Waals surface area (Å²) in [5.74, 6) is -1.46. The summed E-state index contributed by atoms with van der Waals surface area (Å²) in [6.07, 6.45) is 4.33. The Morgan fingerprint density at radius 1 is 1.03 bits per heavy atom. The molecule has 3 aromatic rings. The second-order valence-corrected chi connectivity index (χ2v) is 7.80. The van der Waals surface area contributed by atoms with Crippen LogP contribution in [0.4, 0.5) is 5.69 Å². The maximum atomic E-state index is 12.4. The van der Waals surface area contributed by atoms with Crippen LogP contribution in [0.1, 0.15) is 41.3 Å². The zero-order valence-electron chi connectivity index (χ0n) is 16.7. The number of benzene rings is 2. The van der Waals surface area contributed by atoms with Crippen molar-refractivity contribution in [3.8, 4) is 0 Å². The van der Waals surface area contributed by atoms with Gasteiger partial charge in [0.2, 0.25) is 6.79 Å². The molecule has 2 aromatic carbocycles. The van der Waals surface area contributed by atoms with Gasteiger partial charge in [0.25, 0.3) is 0 Å². The Balaban J connectivity index is 1.61. The van der Waals surface area contributed by atoms with E-state index in [9.17, 15) is 14.4 Å². The van der Waals surface area contributed by atoms with Crippen LogP contribution in [-0.2, 0) is 27.1 Å². The summed E-state index contributed by atoms with van der Waals surface area (Å²) < 4.78 is 14.9. The fourth-order valence-corrected chi connectivity index (χ4v) is 4.61. The van der Waals surface area contributed by atoms with Crippen LogP contribution in [0, 0.1) is 0 Å². The number of anilines is 1. The van der Waals surface area contributed by atoms with Gasteiger partial charge in [-0.05, 0) is 71.8 Å². The normalized spacial score (nSPS) is 15.2. The summed E-state index contributed by atoms with van der Waals surface area (Å²) in [5, 5.41) is 2.83. The second-order valence-electron chi connectivity index (χ2n) is 7.80. The molecular formula is C23H21NO6. The number of hydrogen-bond donors (Lipinski definition) is 0. The average molecular weight is 407 g/mol. The molecule has 0 saturated carbocycles. The van der Waals surface area contributed by atoms with Crippen molar-refractivity contribution in [2.45, 2.75) is 32.6 Å². The predicted molar refractivity (Wildman–Crippen MR) is 111 cm³/mol. The molecule has 1 aromatic heterocycles. The lowest BCUT2D eigenvalue weighted by Crippen LogP contribution is -2.34. The van der Waals surface area contributed by atoms with E-state index in [0.29, 0.717) is 11.0 Å². The zero-order chi connectivity index (χ0) is 20.8. The van der Waals surface area contributed by atoms with Crippen molar-refractivity contribution in [2.75, 3.05) is 24.8 Å². The molecule has 0 N–H and O–H groups in total. The van der Waals surface area contributed by atoms with Crippen molar-refractivity contribution >= 4 is 39.4 Å². The van der Waals surface area contributed by atoms with Crippen molar-refractivity contribution in [2.24, 2.45) is 0 Å². The van der Waals surface area contributed by atoms with Gasteiger partial charge < -0.3 is 18.8 Å². The number of carbonyl (C=O) groups is 2. The molecule has 0 bridgehead atoms. The van der Waals surface area contributed by atoms with Gasteiger partial charge in [0, 0.05) is 31.1 Å². The standard InChI is InChI=1S/C23H21NO6/c1-13(25)28-12-29-22(26)19-10-16-9-15-8-14-4-2-6-24-7-3-5-17(21(14)24)18(15)11-20(16)30-23(19)27/h8-11H,2-7,12H2,1H3. The third-order valence-electron chi connectivity index (χ3n) is 5.87. The number of esters is 2. The molecule has 5 rings (SSSR count). The lowest BCUT2D eigenvalue weighted by Gasteiger charge is -2.37. The van der Waals surface area contributed by atoms with E-state index in [2.05, 4.69) is 15.7 Å². The quantitative estimate of drug-likeness (QED) is 0.285. The van der Waals surface area contributed by atoms with Crippen LogP contribution in [0.15, 0.2) is 33.5 Å². The van der Waals surface area contributed by atoms with Gasteiger partial charge >= 0.3 is 17.6 Å². The summed E-state index contributed by atoms with van der Waals surface area (Å²) >= 11 is 0. The highest BCUT2D eigenvalue weighted by Crippen LogP contribution is 2.40. The molecule has 3 heterocycles. The second kappa shape index (κ2) is 7.16. The fourth-order valence-electron chi connectivity index (χ4n) is 4.61. The summed E-state index contributed by atoms with van der Waals surface area (Å²) in [4.78, 5) is 37.9. The molecule has 7 nitrogen and oxygen atoms in total. The maximum absolute atomic E-state index is 12.4. The van der Waals surface area contributed by atoms with Crippen LogP contribution in [0.25, 0.3) is 21.7 Å². The molecule has 0 fully saturated rings. The minimum Gasteiger partial charge on any atom is -0.428 e. The Morgan fingerprint density at radius 3 is 2.63 bits per heavy atom. The first-order valence-corrected chi connectivity index (χ1v) is 10.1. The third-order valence-corrected chi connectivity index (χ3v) is 5.87. The Hall–Kier alpha value is -3.35. The highest BCUT2D eigenvalue weighted by molar-refractivity contribution is 6.02. The van der Waals surface area contributed by atoms with Gasteiger partial charge in [-0.15, -0.1) is 0 Å². The first-order valence-electron chi connectivity index (χ1n) is 10.1. The van der Waals surface area contributed by atoms with Gasteiger partial charge in [-0.2, -0.15) is 0 Å². The first-order chi connectivity index (χ1) is 14.5. The van der Waals surface area contributed by atoms with Crippen molar-refractivity contribution in [3.05, 3.63) is 51.4 Å². The molecule has 154 valence electrons. The van der Waals surface area contributed by atoms with E-state index in [4.69, 9.17) is 9.15 Å². The van der Waals surface area contributed by atoms with Crippen molar-refractivity contribution < 1.29 is 23.5 Å². The smallest absolute Gasteiger partial charge is 0.351 e. The lowest BCUT2D eigenvalue weighted by molar-refractivity contribution is -0.149. The number of nitrogens with zero attached hydrogens (tertiary/aromatic N) is 1. The van der Waals surface area contributed by atoms with Gasteiger partial charge in [0.1, 0.15) is 11.1 Å². The topological polar surface area (TPSA) is 86.0 Å². The SMILES string of the molecule is CC(=O)OCOC(=O)c1cc2cc3cc4c5c(c3cc2oc1=O)CCCN5CCC4. The molecule has 0 atom stereocenters. The number of rotatable bonds is 3. The molecule has 2 aliphatic heterocycles. The Kier molecular flexibility index (Phi) is 4.46. The van der Waals surface area contributed by atoms with E-state index >= 15 is 0 Å². The van der Waals surface area contributed by atoms with Gasteiger partial charge in [-0.25, -0.2) is 9.59 Å². The molecular weight excluding hydrogens is 386 g/mol. The van der Waals surface area contributed by atoms with E-state index in [-0.39, 0.29) is 5.56 Å². The first kappa shape index (κ1) is 18.7. The molecule has 0 radical (unpaired) electrons. The van der Waals surface area contributed by atoms with E-state index in [1.807, 2.05) is 12.1 Å². The molecule has 0 unspecified atom stereocenters. The Bertz CT molecular complexity index is 1260. The highest BCUT2D eigenvalue weighted by atomic mass is 16.7. The summed E-state index contributed by atoms with van der Waals surface area (Å²) in [5.41, 5.74) is 3.48. The summed E-state index contributed by atoms with van der Waals surface area (Å²) in [7, 11) is 0. The van der Waals surface area contributed by atoms with Gasteiger partial charge in [-0.3, -0.25) is 4.79 Å². The van der Waals surface area contributed by atoms with E-state index in [1.54, 1.807) is 0 Å². The number of carbonyl (C=O) groups excluding carboxylic acids is 2. The Morgan fingerprint density at radius 2 is 1.83 bits per heavy atom. The maximum Gasteiger partial charge on any atom is 0.351 e.